The van der Waals surface area contributed by atoms with E-state index >= 15 is 0 Å². The van der Waals surface area contributed by atoms with E-state index in [-0.39, 0.29) is 16.7 Å². The first-order valence-electron chi connectivity index (χ1n) is 4.73. The lowest BCUT2D eigenvalue weighted by molar-refractivity contribution is 0.0697. The number of pyridine rings is 1. The topological polar surface area (TPSA) is 50.2 Å². The van der Waals surface area contributed by atoms with Gasteiger partial charge in [-0.25, -0.2) is 13.6 Å². The maximum atomic E-state index is 13.5. The molecule has 2 rings (SSSR count). The van der Waals surface area contributed by atoms with Gasteiger partial charge >= 0.3 is 5.97 Å². The summed E-state index contributed by atoms with van der Waals surface area (Å²) in [6.45, 7) is 0. The molecule has 0 atom stereocenters. The Labute approximate surface area is 95.4 Å². The number of carboxylic acids is 1. The Hall–Kier alpha value is -2.30. The van der Waals surface area contributed by atoms with Crippen LogP contribution >= 0.6 is 0 Å². The van der Waals surface area contributed by atoms with Gasteiger partial charge in [-0.3, -0.25) is 4.98 Å². The number of aromatic carboxylic acids is 1. The molecule has 1 heterocycles. The number of hydrogen-bond donors (Lipinski definition) is 1. The van der Waals surface area contributed by atoms with Gasteiger partial charge in [-0.2, -0.15) is 0 Å². The Morgan fingerprint density at radius 1 is 1.18 bits per heavy atom. The second kappa shape index (κ2) is 4.29. The normalized spacial score (nSPS) is 10.2. The summed E-state index contributed by atoms with van der Waals surface area (Å²) in [4.78, 5) is 14.6. The summed E-state index contributed by atoms with van der Waals surface area (Å²) in [6.07, 6.45) is 2.39. The highest BCUT2D eigenvalue weighted by Crippen LogP contribution is 2.28. The smallest absolute Gasteiger partial charge is 0.336 e. The maximum absolute atomic E-state index is 13.5. The summed E-state index contributed by atoms with van der Waals surface area (Å²) in [7, 11) is 0. The zero-order valence-corrected chi connectivity index (χ0v) is 8.52. The van der Waals surface area contributed by atoms with E-state index in [1.807, 2.05) is 0 Å². The minimum atomic E-state index is -1.26. The third kappa shape index (κ3) is 1.99. The Bertz CT molecular complexity index is 564. The van der Waals surface area contributed by atoms with E-state index in [0.717, 1.165) is 18.3 Å². The van der Waals surface area contributed by atoms with Crippen molar-refractivity contribution in [3.8, 4) is 11.1 Å². The molecule has 17 heavy (non-hydrogen) atoms. The SMILES string of the molecule is O=C(O)c1ccncc1-c1c(F)cccc1F. The second-order valence-corrected chi connectivity index (χ2v) is 3.32. The number of aromatic nitrogens is 1. The fraction of sp³-hybridized carbons (Fsp3) is 0. The third-order valence-corrected chi connectivity index (χ3v) is 2.28. The van der Waals surface area contributed by atoms with Crippen molar-refractivity contribution in [1.29, 1.82) is 0 Å². The lowest BCUT2D eigenvalue weighted by atomic mass is 10.0. The van der Waals surface area contributed by atoms with Crippen molar-refractivity contribution in [2.24, 2.45) is 0 Å². The van der Waals surface area contributed by atoms with E-state index in [9.17, 15) is 13.6 Å². The number of carbonyl (C=O) groups is 1. The summed E-state index contributed by atoms with van der Waals surface area (Å²) in [6, 6.07) is 4.54. The molecular formula is C12H7F2NO2. The highest BCUT2D eigenvalue weighted by atomic mass is 19.1. The van der Waals surface area contributed by atoms with Gasteiger partial charge < -0.3 is 5.11 Å². The van der Waals surface area contributed by atoms with Gasteiger partial charge in [-0.1, -0.05) is 6.07 Å². The molecule has 0 saturated heterocycles. The molecule has 5 heteroatoms. The van der Waals surface area contributed by atoms with Gasteiger partial charge in [0.05, 0.1) is 11.1 Å². The largest absolute Gasteiger partial charge is 0.478 e. The van der Waals surface area contributed by atoms with Gasteiger partial charge in [-0.15, -0.1) is 0 Å². The molecule has 0 radical (unpaired) electrons. The molecule has 0 aliphatic heterocycles. The van der Waals surface area contributed by atoms with Crippen LogP contribution in [0.15, 0.2) is 36.7 Å². The van der Waals surface area contributed by atoms with Crippen LogP contribution in [0.3, 0.4) is 0 Å². The van der Waals surface area contributed by atoms with Crippen LogP contribution < -0.4 is 0 Å². The highest BCUT2D eigenvalue weighted by molar-refractivity contribution is 5.95. The van der Waals surface area contributed by atoms with Crippen molar-refractivity contribution < 1.29 is 18.7 Å². The number of rotatable bonds is 2. The summed E-state index contributed by atoms with van der Waals surface area (Å²) < 4.78 is 27.0. The maximum Gasteiger partial charge on any atom is 0.336 e. The van der Waals surface area contributed by atoms with Crippen LogP contribution in [-0.4, -0.2) is 16.1 Å². The lowest BCUT2D eigenvalue weighted by Gasteiger charge is -2.07. The number of halogens is 2. The zero-order valence-electron chi connectivity index (χ0n) is 8.52. The minimum absolute atomic E-state index is 0.0735. The molecule has 0 bridgehead atoms. The average molecular weight is 235 g/mol. The Morgan fingerprint density at radius 3 is 2.41 bits per heavy atom. The predicted octanol–water partition coefficient (Wildman–Crippen LogP) is 2.73. The van der Waals surface area contributed by atoms with E-state index in [1.54, 1.807) is 0 Å². The number of carboxylic acid groups (broad SMARTS) is 1. The van der Waals surface area contributed by atoms with E-state index in [0.29, 0.717) is 0 Å². The van der Waals surface area contributed by atoms with Gasteiger partial charge in [-0.05, 0) is 18.2 Å². The summed E-state index contributed by atoms with van der Waals surface area (Å²) in [5.41, 5.74) is -0.641. The fourth-order valence-corrected chi connectivity index (χ4v) is 1.54. The molecular weight excluding hydrogens is 228 g/mol. The third-order valence-electron chi connectivity index (χ3n) is 2.28. The van der Waals surface area contributed by atoms with Gasteiger partial charge in [0.2, 0.25) is 0 Å². The van der Waals surface area contributed by atoms with Gasteiger partial charge in [0.25, 0.3) is 0 Å². The van der Waals surface area contributed by atoms with E-state index in [1.165, 1.54) is 18.3 Å². The Morgan fingerprint density at radius 2 is 1.82 bits per heavy atom. The molecule has 0 fully saturated rings. The first kappa shape index (κ1) is 11.2. The highest BCUT2D eigenvalue weighted by Gasteiger charge is 2.17. The molecule has 0 unspecified atom stereocenters. The quantitative estimate of drug-likeness (QED) is 0.870. The van der Waals surface area contributed by atoms with E-state index < -0.39 is 17.6 Å². The van der Waals surface area contributed by atoms with Crippen LogP contribution in [0.1, 0.15) is 10.4 Å². The molecule has 1 aromatic carbocycles. The van der Waals surface area contributed by atoms with Gasteiger partial charge in [0.1, 0.15) is 11.6 Å². The zero-order chi connectivity index (χ0) is 12.4. The van der Waals surface area contributed by atoms with Crippen molar-refractivity contribution in [1.82, 2.24) is 4.98 Å². The van der Waals surface area contributed by atoms with Crippen LogP contribution in [0.5, 0.6) is 0 Å². The Kier molecular flexibility index (Phi) is 2.82. The van der Waals surface area contributed by atoms with Crippen molar-refractivity contribution in [3.63, 3.8) is 0 Å². The number of benzene rings is 1. The van der Waals surface area contributed by atoms with Crippen molar-refractivity contribution in [2.45, 2.75) is 0 Å². The Balaban J connectivity index is 2.73. The molecule has 0 spiro atoms. The van der Waals surface area contributed by atoms with Crippen molar-refractivity contribution in [2.75, 3.05) is 0 Å². The molecule has 0 saturated carbocycles. The van der Waals surface area contributed by atoms with Crippen LogP contribution in [0.2, 0.25) is 0 Å². The van der Waals surface area contributed by atoms with Crippen LogP contribution in [0.25, 0.3) is 11.1 Å². The molecule has 2 aromatic rings. The number of nitrogens with zero attached hydrogens (tertiary/aromatic N) is 1. The molecule has 0 amide bonds. The van der Waals surface area contributed by atoms with Gasteiger partial charge in [0.15, 0.2) is 0 Å². The second-order valence-electron chi connectivity index (χ2n) is 3.32. The predicted molar refractivity (Wildman–Crippen MR) is 56.5 cm³/mol. The number of hydrogen-bond acceptors (Lipinski definition) is 2. The first-order valence-corrected chi connectivity index (χ1v) is 4.73. The summed E-state index contributed by atoms with van der Waals surface area (Å²) in [5, 5.41) is 8.94. The molecule has 3 nitrogen and oxygen atoms in total. The molecule has 86 valence electrons. The molecule has 1 aromatic heterocycles. The van der Waals surface area contributed by atoms with E-state index in [4.69, 9.17) is 5.11 Å². The van der Waals surface area contributed by atoms with E-state index in [2.05, 4.69) is 4.98 Å². The van der Waals surface area contributed by atoms with Crippen LogP contribution in [0.4, 0.5) is 8.78 Å². The van der Waals surface area contributed by atoms with Gasteiger partial charge in [0, 0.05) is 18.0 Å². The standard InChI is InChI=1S/C12H7F2NO2/c13-9-2-1-3-10(14)11(9)8-6-15-5-4-7(8)12(16)17/h1-6H,(H,16,17). The first-order chi connectivity index (χ1) is 8.11. The average Bonchev–Trinajstić information content (AvgIpc) is 2.29. The minimum Gasteiger partial charge on any atom is -0.478 e. The monoisotopic (exact) mass is 235 g/mol. The molecule has 1 N–H and O–H groups in total. The molecule has 0 aliphatic rings. The van der Waals surface area contributed by atoms with Crippen LogP contribution in [0, 0.1) is 11.6 Å². The van der Waals surface area contributed by atoms with Crippen molar-refractivity contribution in [3.05, 3.63) is 53.9 Å². The summed E-state index contributed by atoms with van der Waals surface area (Å²) >= 11 is 0. The molecule has 0 aliphatic carbocycles. The fourth-order valence-electron chi connectivity index (χ4n) is 1.54. The lowest BCUT2D eigenvalue weighted by Crippen LogP contribution is -2.02. The summed E-state index contributed by atoms with van der Waals surface area (Å²) in [5.74, 6) is -2.90. The van der Waals surface area contributed by atoms with Crippen LogP contribution in [-0.2, 0) is 0 Å². The van der Waals surface area contributed by atoms with Crippen molar-refractivity contribution >= 4 is 5.97 Å².